The van der Waals surface area contributed by atoms with Crippen molar-refractivity contribution in [1.82, 2.24) is 0 Å². The number of methoxy groups -OCH3 is 1. The van der Waals surface area contributed by atoms with Gasteiger partial charge in [-0.1, -0.05) is 6.92 Å². The van der Waals surface area contributed by atoms with Crippen LogP contribution in [0.5, 0.6) is 5.75 Å². The third kappa shape index (κ3) is 5.01. The van der Waals surface area contributed by atoms with Crippen molar-refractivity contribution in [2.24, 2.45) is 5.92 Å². The lowest BCUT2D eigenvalue weighted by molar-refractivity contribution is -0.141. The molecule has 0 spiro atoms. The Balaban J connectivity index is 2.37. The summed E-state index contributed by atoms with van der Waals surface area (Å²) in [6.07, 6.45) is -0.586. The number of ether oxygens (including phenoxy) is 2. The van der Waals surface area contributed by atoms with E-state index in [1.807, 2.05) is 0 Å². The largest absolute Gasteiger partial charge is 0.495 e. The number of fused-ring (bicyclic) bond motifs is 1. The summed E-state index contributed by atoms with van der Waals surface area (Å²) in [7, 11) is 3.09. The number of rotatable bonds is 6. The van der Waals surface area contributed by atoms with Crippen LogP contribution in [0.2, 0.25) is 0 Å². The van der Waals surface area contributed by atoms with E-state index in [2.05, 4.69) is 0 Å². The molecule has 0 fully saturated rings. The van der Waals surface area contributed by atoms with Gasteiger partial charge in [0.2, 0.25) is 0 Å². The van der Waals surface area contributed by atoms with Crippen molar-refractivity contribution < 1.29 is 29.0 Å². The van der Waals surface area contributed by atoms with Crippen molar-refractivity contribution in [2.45, 2.75) is 39.7 Å². The molecule has 152 valence electrons. The van der Waals surface area contributed by atoms with Gasteiger partial charge in [-0.15, -0.1) is 11.3 Å². The molecule has 1 heterocycles. The van der Waals surface area contributed by atoms with E-state index in [4.69, 9.17) is 14.6 Å². The second-order valence-electron chi connectivity index (χ2n) is 7.58. The number of hydrogen-bond donors (Lipinski definition) is 1. The molecule has 0 bridgehead atoms. The molecule has 7 nitrogen and oxygen atoms in total. The predicted molar refractivity (Wildman–Crippen MR) is 109 cm³/mol. The Kier molecular flexibility index (Phi) is 6.34. The number of carboxylic acid groups (broad SMARTS) is 1. The fourth-order valence-corrected chi connectivity index (χ4v) is 3.54. The standard InChI is InChI=1S/C20H25NO6S/c1-11(18(23)24)7-14(22)17-9-12-8-15(26-6)13(10-16(12)28-17)21(5)19(25)27-20(2,3)4/h8-11H,7H2,1-6H3,(H,23,24). The molecule has 2 aromatic rings. The zero-order valence-corrected chi connectivity index (χ0v) is 17.7. The Labute approximate surface area is 167 Å². The Morgan fingerprint density at radius 1 is 1.21 bits per heavy atom. The van der Waals surface area contributed by atoms with Gasteiger partial charge in [-0.3, -0.25) is 14.5 Å². The van der Waals surface area contributed by atoms with Gasteiger partial charge < -0.3 is 14.6 Å². The molecule has 1 aromatic carbocycles. The number of carbonyl (C=O) groups is 3. The fraction of sp³-hybridized carbons (Fsp3) is 0.450. The highest BCUT2D eigenvalue weighted by atomic mass is 32.1. The second-order valence-corrected chi connectivity index (χ2v) is 8.66. The van der Waals surface area contributed by atoms with Crippen LogP contribution >= 0.6 is 11.3 Å². The number of amides is 1. The minimum absolute atomic E-state index is 0.0655. The summed E-state index contributed by atoms with van der Waals surface area (Å²) in [6, 6.07) is 5.23. The minimum atomic E-state index is -1.00. The van der Waals surface area contributed by atoms with Gasteiger partial charge in [0.15, 0.2) is 5.78 Å². The van der Waals surface area contributed by atoms with E-state index >= 15 is 0 Å². The first-order chi connectivity index (χ1) is 12.9. The highest BCUT2D eigenvalue weighted by molar-refractivity contribution is 7.20. The lowest BCUT2D eigenvalue weighted by atomic mass is 10.0. The SMILES string of the molecule is COc1cc2cc(C(=O)CC(C)C(=O)O)sc2cc1N(C)C(=O)OC(C)(C)C. The normalized spacial score (nSPS) is 12.5. The van der Waals surface area contributed by atoms with Crippen molar-refractivity contribution in [3.8, 4) is 5.75 Å². The first-order valence-corrected chi connectivity index (χ1v) is 9.59. The summed E-state index contributed by atoms with van der Waals surface area (Å²) < 4.78 is 11.6. The van der Waals surface area contributed by atoms with Crippen LogP contribution < -0.4 is 9.64 Å². The summed E-state index contributed by atoms with van der Waals surface area (Å²) in [6.45, 7) is 6.86. The molecule has 0 saturated heterocycles. The van der Waals surface area contributed by atoms with Gasteiger partial charge in [-0.05, 0) is 44.4 Å². The monoisotopic (exact) mass is 407 g/mol. The van der Waals surface area contributed by atoms with Crippen LogP contribution in [0.3, 0.4) is 0 Å². The molecular weight excluding hydrogens is 382 g/mol. The number of anilines is 1. The van der Waals surface area contributed by atoms with Crippen LogP contribution in [0, 0.1) is 5.92 Å². The molecule has 0 aliphatic carbocycles. The molecule has 1 N–H and O–H groups in total. The van der Waals surface area contributed by atoms with Gasteiger partial charge in [0.05, 0.1) is 23.6 Å². The van der Waals surface area contributed by atoms with Gasteiger partial charge in [-0.2, -0.15) is 0 Å². The van der Waals surface area contributed by atoms with Crippen molar-refractivity contribution in [3.05, 3.63) is 23.1 Å². The smallest absolute Gasteiger partial charge is 0.414 e. The van der Waals surface area contributed by atoms with Gasteiger partial charge in [0.1, 0.15) is 11.4 Å². The zero-order chi connectivity index (χ0) is 21.2. The van der Waals surface area contributed by atoms with Gasteiger partial charge in [0, 0.05) is 18.2 Å². The quantitative estimate of drug-likeness (QED) is 0.705. The second kappa shape index (κ2) is 8.18. The highest BCUT2D eigenvalue weighted by Gasteiger charge is 2.24. The molecule has 1 amide bonds. The number of aliphatic carboxylic acids is 1. The first-order valence-electron chi connectivity index (χ1n) is 8.77. The minimum Gasteiger partial charge on any atom is -0.495 e. The van der Waals surface area contributed by atoms with E-state index in [-0.39, 0.29) is 12.2 Å². The van der Waals surface area contributed by atoms with E-state index in [0.29, 0.717) is 16.3 Å². The lowest BCUT2D eigenvalue weighted by Crippen LogP contribution is -2.34. The number of ketones is 1. The van der Waals surface area contributed by atoms with Gasteiger partial charge in [-0.25, -0.2) is 4.79 Å². The maximum absolute atomic E-state index is 12.4. The van der Waals surface area contributed by atoms with Crippen molar-refractivity contribution in [2.75, 3.05) is 19.1 Å². The number of nitrogens with zero attached hydrogens (tertiary/aromatic N) is 1. The molecule has 8 heteroatoms. The van der Waals surface area contributed by atoms with Crippen LogP contribution in [0.4, 0.5) is 10.5 Å². The van der Waals surface area contributed by atoms with Crippen LogP contribution in [0.15, 0.2) is 18.2 Å². The number of hydrogen-bond acceptors (Lipinski definition) is 6. The topological polar surface area (TPSA) is 93.1 Å². The van der Waals surface area contributed by atoms with Gasteiger partial charge >= 0.3 is 12.1 Å². The van der Waals surface area contributed by atoms with Crippen molar-refractivity contribution >= 4 is 45.0 Å². The van der Waals surface area contributed by atoms with Gasteiger partial charge in [0.25, 0.3) is 0 Å². The van der Waals surface area contributed by atoms with Crippen molar-refractivity contribution in [3.63, 3.8) is 0 Å². The third-order valence-electron chi connectivity index (χ3n) is 4.03. The maximum atomic E-state index is 12.4. The van der Waals surface area contributed by atoms with Crippen LogP contribution in [-0.2, 0) is 9.53 Å². The molecule has 1 atom stereocenters. The Hall–Kier alpha value is -2.61. The molecule has 0 saturated carbocycles. The summed E-state index contributed by atoms with van der Waals surface area (Å²) >= 11 is 1.26. The van der Waals surface area contributed by atoms with Crippen LogP contribution in [-0.4, -0.2) is 42.7 Å². The van der Waals surface area contributed by atoms with E-state index < -0.39 is 23.6 Å². The number of carbonyl (C=O) groups excluding carboxylic acids is 2. The molecular formula is C20H25NO6S. The third-order valence-corrected chi connectivity index (χ3v) is 5.17. The Morgan fingerprint density at radius 3 is 2.39 bits per heavy atom. The molecule has 1 unspecified atom stereocenters. The molecule has 1 aromatic heterocycles. The Morgan fingerprint density at radius 2 is 1.86 bits per heavy atom. The number of thiophene rings is 1. The predicted octanol–water partition coefficient (Wildman–Crippen LogP) is 4.57. The zero-order valence-electron chi connectivity index (χ0n) is 16.9. The number of Topliss-reactive ketones (excluding diaryl/α,β-unsaturated/α-hetero) is 1. The molecule has 0 aliphatic heterocycles. The summed E-state index contributed by atoms with van der Waals surface area (Å²) in [4.78, 5) is 37.6. The molecule has 0 aliphatic rings. The van der Waals surface area contributed by atoms with E-state index in [1.165, 1.54) is 30.3 Å². The maximum Gasteiger partial charge on any atom is 0.414 e. The molecule has 2 rings (SSSR count). The summed E-state index contributed by atoms with van der Waals surface area (Å²) in [5.74, 6) is -1.51. The van der Waals surface area contributed by atoms with Crippen molar-refractivity contribution in [1.29, 1.82) is 0 Å². The highest BCUT2D eigenvalue weighted by Crippen LogP contribution is 2.37. The van der Waals surface area contributed by atoms with E-state index in [9.17, 15) is 14.4 Å². The summed E-state index contributed by atoms with van der Waals surface area (Å²) in [5, 5.41) is 9.79. The number of benzene rings is 1. The van der Waals surface area contributed by atoms with Crippen LogP contribution in [0.1, 0.15) is 43.8 Å². The van der Waals surface area contributed by atoms with E-state index in [0.717, 1.165) is 10.1 Å². The summed E-state index contributed by atoms with van der Waals surface area (Å²) in [5.41, 5.74) is -0.115. The average molecular weight is 407 g/mol. The number of carboxylic acids is 1. The molecule has 28 heavy (non-hydrogen) atoms. The first kappa shape index (κ1) is 21.7. The molecule has 0 radical (unpaired) electrons. The average Bonchev–Trinajstić information content (AvgIpc) is 3.01. The van der Waals surface area contributed by atoms with Crippen LogP contribution in [0.25, 0.3) is 10.1 Å². The fourth-order valence-electron chi connectivity index (χ4n) is 2.51. The Bertz CT molecular complexity index is 911. The van der Waals surface area contributed by atoms with E-state index in [1.54, 1.807) is 46.0 Å². The lowest BCUT2D eigenvalue weighted by Gasteiger charge is -2.25.